The van der Waals surface area contributed by atoms with Crippen LogP contribution in [0.2, 0.25) is 0 Å². The minimum Gasteiger partial charge on any atom is -0.477 e. The summed E-state index contributed by atoms with van der Waals surface area (Å²) in [6, 6.07) is 4.15. The molecule has 2 heterocycles. The van der Waals surface area contributed by atoms with Crippen molar-refractivity contribution in [1.82, 2.24) is 15.5 Å². The highest BCUT2D eigenvalue weighted by atomic mass is 79.9. The molecule has 0 spiro atoms. The number of hydrogen-bond donors (Lipinski definition) is 4. The highest BCUT2D eigenvalue weighted by Gasteiger charge is 2.13. The van der Waals surface area contributed by atoms with Crippen molar-refractivity contribution in [2.24, 2.45) is 0 Å². The van der Waals surface area contributed by atoms with E-state index in [9.17, 15) is 14.4 Å². The van der Waals surface area contributed by atoms with Crippen molar-refractivity contribution in [2.75, 3.05) is 11.9 Å². The number of amides is 2. The second kappa shape index (κ2) is 6.22. The van der Waals surface area contributed by atoms with Crippen LogP contribution in [0.1, 0.15) is 21.0 Å². The Hall–Kier alpha value is -2.62. The largest absolute Gasteiger partial charge is 0.477 e. The maximum absolute atomic E-state index is 11.6. The fraction of sp³-hybridized carbons (Fsp3) is 0.0909. The standard InChI is InChI=1S/C11H9BrN4O5/c12-7-2-1-6(21-7)10(18)13-4-9(17)14-8-3-5(11(19)20)15-16-8/h1-3H,4H2,(H,13,18)(H,19,20)(H2,14,15,16,17). The number of aromatic amines is 1. The maximum atomic E-state index is 11.6. The molecule has 0 atom stereocenters. The van der Waals surface area contributed by atoms with Crippen molar-refractivity contribution in [3.8, 4) is 0 Å². The van der Waals surface area contributed by atoms with Crippen LogP contribution in [0.4, 0.5) is 5.82 Å². The molecule has 2 amide bonds. The molecule has 2 aromatic heterocycles. The van der Waals surface area contributed by atoms with Gasteiger partial charge in [-0.15, -0.1) is 0 Å². The van der Waals surface area contributed by atoms with Gasteiger partial charge in [-0.1, -0.05) is 0 Å². The lowest BCUT2D eigenvalue weighted by atomic mass is 10.4. The van der Waals surface area contributed by atoms with E-state index in [-0.39, 0.29) is 23.8 Å². The Balaban J connectivity index is 1.84. The molecule has 21 heavy (non-hydrogen) atoms. The minimum atomic E-state index is -1.19. The van der Waals surface area contributed by atoms with Gasteiger partial charge >= 0.3 is 5.97 Å². The molecular formula is C11H9BrN4O5. The number of hydrogen-bond acceptors (Lipinski definition) is 5. The molecule has 9 nitrogen and oxygen atoms in total. The molecule has 0 aromatic carbocycles. The quantitative estimate of drug-likeness (QED) is 0.626. The van der Waals surface area contributed by atoms with Gasteiger partial charge in [-0.05, 0) is 28.1 Å². The number of anilines is 1. The Labute approximate surface area is 125 Å². The third-order valence-electron chi connectivity index (χ3n) is 2.28. The predicted molar refractivity (Wildman–Crippen MR) is 72.9 cm³/mol. The van der Waals surface area contributed by atoms with Crippen LogP contribution in [0, 0.1) is 0 Å². The van der Waals surface area contributed by atoms with Gasteiger partial charge in [-0.2, -0.15) is 5.10 Å². The Bertz CT molecular complexity index is 692. The Kier molecular flexibility index (Phi) is 4.38. The first kappa shape index (κ1) is 14.8. The van der Waals surface area contributed by atoms with Gasteiger partial charge in [0.05, 0.1) is 6.54 Å². The average Bonchev–Trinajstić information content (AvgIpc) is 3.05. The molecule has 10 heteroatoms. The number of aromatic carboxylic acids is 1. The molecule has 0 saturated heterocycles. The lowest BCUT2D eigenvalue weighted by Crippen LogP contribution is -2.32. The predicted octanol–water partition coefficient (Wildman–Crippen LogP) is 0.832. The maximum Gasteiger partial charge on any atom is 0.353 e. The van der Waals surface area contributed by atoms with E-state index in [1.165, 1.54) is 6.07 Å². The first-order chi connectivity index (χ1) is 9.95. The summed E-state index contributed by atoms with van der Waals surface area (Å²) in [6.07, 6.45) is 0. The normalized spacial score (nSPS) is 10.1. The van der Waals surface area contributed by atoms with Crippen LogP contribution in [0.25, 0.3) is 0 Å². The molecular weight excluding hydrogens is 348 g/mol. The summed E-state index contributed by atoms with van der Waals surface area (Å²) in [6.45, 7) is -0.313. The van der Waals surface area contributed by atoms with Gasteiger partial charge in [-0.3, -0.25) is 14.7 Å². The number of H-pyrrole nitrogens is 1. The number of carbonyl (C=O) groups excluding carboxylic acids is 2. The van der Waals surface area contributed by atoms with Crippen molar-refractivity contribution in [2.45, 2.75) is 0 Å². The molecule has 0 bridgehead atoms. The topological polar surface area (TPSA) is 137 Å². The molecule has 0 unspecified atom stereocenters. The molecule has 2 aromatic rings. The van der Waals surface area contributed by atoms with E-state index in [1.54, 1.807) is 6.07 Å². The summed E-state index contributed by atoms with van der Waals surface area (Å²) in [7, 11) is 0. The number of rotatable bonds is 5. The zero-order chi connectivity index (χ0) is 15.4. The Morgan fingerprint density at radius 3 is 2.71 bits per heavy atom. The van der Waals surface area contributed by atoms with Gasteiger partial charge in [0.25, 0.3) is 5.91 Å². The zero-order valence-electron chi connectivity index (χ0n) is 10.3. The van der Waals surface area contributed by atoms with Crippen LogP contribution in [-0.2, 0) is 4.79 Å². The number of furan rings is 1. The molecule has 0 fully saturated rings. The molecule has 0 aliphatic heterocycles. The Morgan fingerprint density at radius 2 is 2.14 bits per heavy atom. The van der Waals surface area contributed by atoms with E-state index in [0.717, 1.165) is 6.07 Å². The number of aromatic nitrogens is 2. The minimum absolute atomic E-state index is 0.0485. The molecule has 0 aliphatic rings. The van der Waals surface area contributed by atoms with Crippen LogP contribution in [0.15, 0.2) is 27.3 Å². The van der Waals surface area contributed by atoms with Crippen LogP contribution in [0.5, 0.6) is 0 Å². The fourth-order valence-electron chi connectivity index (χ4n) is 1.37. The summed E-state index contributed by atoms with van der Waals surface area (Å²) in [4.78, 5) is 33.8. The summed E-state index contributed by atoms with van der Waals surface area (Å²) in [5.41, 5.74) is -0.158. The number of nitrogens with one attached hydrogen (secondary N) is 3. The number of nitrogens with zero attached hydrogens (tertiary/aromatic N) is 1. The monoisotopic (exact) mass is 356 g/mol. The van der Waals surface area contributed by atoms with Crippen LogP contribution >= 0.6 is 15.9 Å². The molecule has 4 N–H and O–H groups in total. The molecule has 0 saturated carbocycles. The van der Waals surface area contributed by atoms with E-state index in [0.29, 0.717) is 4.67 Å². The first-order valence-electron chi connectivity index (χ1n) is 5.58. The lowest BCUT2D eigenvalue weighted by Gasteiger charge is -2.03. The summed E-state index contributed by atoms with van der Waals surface area (Å²) in [5, 5.41) is 19.2. The lowest BCUT2D eigenvalue weighted by molar-refractivity contribution is -0.115. The van der Waals surface area contributed by atoms with Crippen molar-refractivity contribution in [3.05, 3.63) is 34.3 Å². The van der Waals surface area contributed by atoms with Crippen molar-refractivity contribution in [1.29, 1.82) is 0 Å². The highest BCUT2D eigenvalue weighted by molar-refractivity contribution is 9.10. The first-order valence-corrected chi connectivity index (χ1v) is 6.37. The van der Waals surface area contributed by atoms with Gasteiger partial charge in [0, 0.05) is 6.07 Å². The Morgan fingerprint density at radius 1 is 1.38 bits per heavy atom. The van der Waals surface area contributed by atoms with Gasteiger partial charge in [0.1, 0.15) is 5.69 Å². The molecule has 0 radical (unpaired) electrons. The number of halogens is 1. The van der Waals surface area contributed by atoms with Crippen molar-refractivity contribution >= 4 is 39.5 Å². The molecule has 110 valence electrons. The SMILES string of the molecule is O=C(CNC(=O)c1ccc(Br)o1)Nc1cc(C(=O)O)[nH]n1. The van der Waals surface area contributed by atoms with Gasteiger partial charge in [0.2, 0.25) is 5.91 Å². The van der Waals surface area contributed by atoms with E-state index in [1.807, 2.05) is 0 Å². The van der Waals surface area contributed by atoms with E-state index in [4.69, 9.17) is 9.52 Å². The second-order valence-electron chi connectivity index (χ2n) is 3.81. The summed E-state index contributed by atoms with van der Waals surface area (Å²) < 4.78 is 5.41. The third kappa shape index (κ3) is 3.92. The van der Waals surface area contributed by atoms with E-state index < -0.39 is 17.8 Å². The van der Waals surface area contributed by atoms with E-state index >= 15 is 0 Å². The van der Waals surface area contributed by atoms with Crippen LogP contribution in [-0.4, -0.2) is 39.6 Å². The zero-order valence-corrected chi connectivity index (χ0v) is 11.9. The fourth-order valence-corrected chi connectivity index (χ4v) is 1.67. The molecule has 2 rings (SSSR count). The number of carboxylic acid groups (broad SMARTS) is 1. The average molecular weight is 357 g/mol. The van der Waals surface area contributed by atoms with Gasteiger partial charge < -0.3 is 20.2 Å². The highest BCUT2D eigenvalue weighted by Crippen LogP contribution is 2.13. The van der Waals surface area contributed by atoms with Crippen LogP contribution in [0.3, 0.4) is 0 Å². The van der Waals surface area contributed by atoms with Gasteiger partial charge in [0.15, 0.2) is 16.2 Å². The second-order valence-corrected chi connectivity index (χ2v) is 4.59. The van der Waals surface area contributed by atoms with Crippen molar-refractivity contribution < 1.29 is 23.9 Å². The number of carbonyl (C=O) groups is 3. The van der Waals surface area contributed by atoms with E-state index in [2.05, 4.69) is 36.8 Å². The molecule has 0 aliphatic carbocycles. The van der Waals surface area contributed by atoms with Crippen LogP contribution < -0.4 is 10.6 Å². The summed E-state index contributed by atoms with van der Waals surface area (Å²) >= 11 is 3.05. The smallest absolute Gasteiger partial charge is 0.353 e. The third-order valence-corrected chi connectivity index (χ3v) is 2.71. The summed E-state index contributed by atoms with van der Waals surface area (Å²) in [5.74, 6) is -2.20. The van der Waals surface area contributed by atoms with Gasteiger partial charge in [-0.25, -0.2) is 4.79 Å². The number of carboxylic acids is 1. The van der Waals surface area contributed by atoms with Crippen molar-refractivity contribution in [3.63, 3.8) is 0 Å².